The highest BCUT2D eigenvalue weighted by Gasteiger charge is 2.30. The van der Waals surface area contributed by atoms with Gasteiger partial charge in [-0.2, -0.15) is 0 Å². The fraction of sp³-hybridized carbons (Fsp3) is 0.750. The molecule has 2 fully saturated rings. The van der Waals surface area contributed by atoms with E-state index in [9.17, 15) is 0 Å². The average Bonchev–Trinajstić information content (AvgIpc) is 3.36. The summed E-state index contributed by atoms with van der Waals surface area (Å²) >= 11 is 0. The van der Waals surface area contributed by atoms with Crippen LogP contribution in [0.5, 0.6) is 0 Å². The predicted octanol–water partition coefficient (Wildman–Crippen LogP) is 3.47. The van der Waals surface area contributed by atoms with Crippen LogP contribution in [0.4, 0.5) is 0 Å². The molecule has 2 N–H and O–H groups in total. The maximum absolute atomic E-state index is 5.95. The maximum atomic E-state index is 5.95. The summed E-state index contributed by atoms with van der Waals surface area (Å²) in [6.07, 6.45) is 4.74. The van der Waals surface area contributed by atoms with E-state index >= 15 is 0 Å². The first-order chi connectivity index (χ1) is 12.6. The van der Waals surface area contributed by atoms with E-state index in [1.807, 2.05) is 6.92 Å². The predicted molar refractivity (Wildman–Crippen MR) is 120 cm³/mol. The Kier molecular flexibility index (Phi) is 8.88. The number of aliphatic imine (C=N–C) groups is 1. The van der Waals surface area contributed by atoms with Gasteiger partial charge in [-0.05, 0) is 71.7 Å². The molecule has 3 heterocycles. The summed E-state index contributed by atoms with van der Waals surface area (Å²) in [4.78, 5) is 7.30. The highest BCUT2D eigenvalue weighted by molar-refractivity contribution is 14.0. The van der Waals surface area contributed by atoms with E-state index in [1.54, 1.807) is 0 Å². The molecule has 154 valence electrons. The average molecular weight is 490 g/mol. The topological polar surface area (TPSA) is 62.0 Å². The third kappa shape index (κ3) is 6.35. The van der Waals surface area contributed by atoms with Crippen molar-refractivity contribution in [3.8, 4) is 0 Å². The molecule has 1 aromatic rings. The van der Waals surface area contributed by atoms with Crippen LogP contribution in [0, 0.1) is 6.92 Å². The number of nitrogens with zero attached hydrogens (tertiary/aromatic N) is 2. The van der Waals surface area contributed by atoms with Crippen LogP contribution in [0.2, 0.25) is 0 Å². The molecule has 6 nitrogen and oxygen atoms in total. The largest absolute Gasteiger partial charge is 0.465 e. The molecule has 0 amide bonds. The molecule has 2 aliphatic heterocycles. The zero-order valence-corrected chi connectivity index (χ0v) is 19.3. The molecule has 0 radical (unpaired) electrons. The monoisotopic (exact) mass is 490 g/mol. The van der Waals surface area contributed by atoms with Crippen molar-refractivity contribution in [2.45, 2.75) is 58.1 Å². The van der Waals surface area contributed by atoms with Crippen LogP contribution in [0.1, 0.15) is 57.1 Å². The van der Waals surface area contributed by atoms with E-state index in [0.29, 0.717) is 6.54 Å². The number of hydrogen-bond donors (Lipinski definition) is 2. The standard InChI is InChI=1S/C20H34N4O2.HI/c1-4-21-19(23-15-20(3)10-7-13-25-20)22-14-17(24-11-5-6-12-24)18-9-8-16(2)26-18;/h8-9,17H,4-7,10-15H2,1-3H3,(H2,21,22,23);1H. The van der Waals surface area contributed by atoms with Crippen LogP contribution in [-0.2, 0) is 4.74 Å². The molecule has 2 unspecified atom stereocenters. The first-order valence-electron chi connectivity index (χ1n) is 10.1. The van der Waals surface area contributed by atoms with Gasteiger partial charge in [0.1, 0.15) is 11.5 Å². The number of ether oxygens (including phenoxy) is 1. The van der Waals surface area contributed by atoms with E-state index in [4.69, 9.17) is 14.1 Å². The minimum Gasteiger partial charge on any atom is -0.465 e. The Hall–Kier alpha value is -0.800. The van der Waals surface area contributed by atoms with Crippen LogP contribution in [0.25, 0.3) is 0 Å². The highest BCUT2D eigenvalue weighted by atomic mass is 127. The molecule has 0 bridgehead atoms. The van der Waals surface area contributed by atoms with E-state index in [1.165, 1.54) is 12.8 Å². The molecule has 1 aromatic heterocycles. The fourth-order valence-corrected chi connectivity index (χ4v) is 3.84. The van der Waals surface area contributed by atoms with Crippen LogP contribution < -0.4 is 10.6 Å². The lowest BCUT2D eigenvalue weighted by atomic mass is 10.0. The molecule has 27 heavy (non-hydrogen) atoms. The Morgan fingerprint density at radius 2 is 2.04 bits per heavy atom. The SMILES string of the molecule is CCNC(=NCC1(C)CCCO1)NCC(c1ccc(C)o1)N1CCCC1.I. The summed E-state index contributed by atoms with van der Waals surface area (Å²) in [5, 5.41) is 6.89. The van der Waals surface area contributed by atoms with E-state index in [0.717, 1.165) is 63.1 Å². The molecular formula is C20H35IN4O2. The number of rotatable bonds is 7. The Morgan fingerprint density at radius 3 is 2.63 bits per heavy atom. The van der Waals surface area contributed by atoms with Crippen LogP contribution >= 0.6 is 24.0 Å². The van der Waals surface area contributed by atoms with Gasteiger partial charge in [0, 0.05) is 19.7 Å². The highest BCUT2D eigenvalue weighted by Crippen LogP contribution is 2.27. The van der Waals surface area contributed by atoms with Gasteiger partial charge in [0.05, 0.1) is 18.2 Å². The summed E-state index contributed by atoms with van der Waals surface area (Å²) in [7, 11) is 0. The minimum atomic E-state index is -0.116. The van der Waals surface area contributed by atoms with Gasteiger partial charge in [0.25, 0.3) is 0 Å². The molecule has 2 saturated heterocycles. The smallest absolute Gasteiger partial charge is 0.191 e. The van der Waals surface area contributed by atoms with Crippen molar-refractivity contribution in [2.75, 3.05) is 39.3 Å². The summed E-state index contributed by atoms with van der Waals surface area (Å²) in [5.41, 5.74) is -0.116. The summed E-state index contributed by atoms with van der Waals surface area (Å²) in [6, 6.07) is 4.40. The first kappa shape index (κ1) is 22.5. The number of halogens is 1. The molecule has 0 saturated carbocycles. The van der Waals surface area contributed by atoms with E-state index < -0.39 is 0 Å². The number of likely N-dealkylation sites (tertiary alicyclic amines) is 1. The minimum absolute atomic E-state index is 0. The summed E-state index contributed by atoms with van der Waals surface area (Å²) < 4.78 is 11.8. The van der Waals surface area contributed by atoms with Crippen molar-refractivity contribution in [2.24, 2.45) is 4.99 Å². The zero-order chi connectivity index (χ0) is 18.4. The Labute approximate surface area is 180 Å². The Morgan fingerprint density at radius 1 is 1.26 bits per heavy atom. The van der Waals surface area contributed by atoms with Crippen molar-refractivity contribution >= 4 is 29.9 Å². The Bertz CT molecular complexity index is 593. The second-order valence-corrected chi connectivity index (χ2v) is 7.69. The van der Waals surface area contributed by atoms with Gasteiger partial charge in [0.15, 0.2) is 5.96 Å². The number of guanidine groups is 1. The van der Waals surface area contributed by atoms with E-state index in [2.05, 4.69) is 41.5 Å². The second-order valence-electron chi connectivity index (χ2n) is 7.69. The van der Waals surface area contributed by atoms with Crippen LogP contribution in [-0.4, -0.2) is 55.8 Å². The molecule has 0 aliphatic carbocycles. The van der Waals surface area contributed by atoms with Gasteiger partial charge in [-0.15, -0.1) is 24.0 Å². The molecule has 2 atom stereocenters. The van der Waals surface area contributed by atoms with Gasteiger partial charge in [-0.3, -0.25) is 9.89 Å². The van der Waals surface area contributed by atoms with Crippen molar-refractivity contribution in [3.05, 3.63) is 23.7 Å². The second kappa shape index (κ2) is 10.7. The summed E-state index contributed by atoms with van der Waals surface area (Å²) in [5.74, 6) is 2.87. The third-order valence-electron chi connectivity index (χ3n) is 5.35. The molecule has 0 spiro atoms. The lowest BCUT2D eigenvalue weighted by Gasteiger charge is -2.27. The molecule has 2 aliphatic rings. The van der Waals surface area contributed by atoms with Crippen LogP contribution in [0.3, 0.4) is 0 Å². The first-order valence-corrected chi connectivity index (χ1v) is 10.1. The molecular weight excluding hydrogens is 455 g/mol. The van der Waals surface area contributed by atoms with Gasteiger partial charge < -0.3 is 19.8 Å². The van der Waals surface area contributed by atoms with Gasteiger partial charge in [-0.25, -0.2) is 0 Å². The molecule has 3 rings (SSSR count). The van der Waals surface area contributed by atoms with E-state index in [-0.39, 0.29) is 35.6 Å². The fourth-order valence-electron chi connectivity index (χ4n) is 3.84. The van der Waals surface area contributed by atoms with Gasteiger partial charge in [-0.1, -0.05) is 0 Å². The number of hydrogen-bond acceptors (Lipinski definition) is 4. The quantitative estimate of drug-likeness (QED) is 0.348. The Balaban J connectivity index is 0.00000261. The van der Waals surface area contributed by atoms with Crippen LogP contribution in [0.15, 0.2) is 21.5 Å². The summed E-state index contributed by atoms with van der Waals surface area (Å²) in [6.45, 7) is 11.7. The van der Waals surface area contributed by atoms with Crippen molar-refractivity contribution in [1.82, 2.24) is 15.5 Å². The lowest BCUT2D eigenvalue weighted by molar-refractivity contribution is 0.0283. The number of aryl methyl sites for hydroxylation is 1. The lowest BCUT2D eigenvalue weighted by Crippen LogP contribution is -2.43. The van der Waals surface area contributed by atoms with Crippen molar-refractivity contribution < 1.29 is 9.15 Å². The van der Waals surface area contributed by atoms with Crippen molar-refractivity contribution in [3.63, 3.8) is 0 Å². The maximum Gasteiger partial charge on any atom is 0.191 e. The van der Waals surface area contributed by atoms with Gasteiger partial charge in [0.2, 0.25) is 0 Å². The number of nitrogens with one attached hydrogen (secondary N) is 2. The normalized spacial score (nSPS) is 24.6. The zero-order valence-electron chi connectivity index (χ0n) is 16.9. The number of furan rings is 1. The van der Waals surface area contributed by atoms with Crippen molar-refractivity contribution in [1.29, 1.82) is 0 Å². The molecule has 7 heteroatoms. The third-order valence-corrected chi connectivity index (χ3v) is 5.35. The van der Waals surface area contributed by atoms with Gasteiger partial charge >= 0.3 is 0 Å². The molecule has 0 aromatic carbocycles.